The van der Waals surface area contributed by atoms with Gasteiger partial charge < -0.3 is 0 Å². The first-order valence-corrected chi connectivity index (χ1v) is 3.15. The summed E-state index contributed by atoms with van der Waals surface area (Å²) in [5.41, 5.74) is 0.661. The molecule has 52 valence electrons. The van der Waals surface area contributed by atoms with Gasteiger partial charge in [-0.1, -0.05) is 18.6 Å². The summed E-state index contributed by atoms with van der Waals surface area (Å²) < 4.78 is 0. The van der Waals surface area contributed by atoms with E-state index < -0.39 is 0 Å². The average molecular weight is 151 g/mol. The summed E-state index contributed by atoms with van der Waals surface area (Å²) in [4.78, 5) is 4.42. The van der Waals surface area contributed by atoms with Crippen LogP contribution in [0.5, 0.6) is 0 Å². The number of allylic oxidation sites excluding steroid dienone is 3. The number of aliphatic imine (C=N–C) groups is 1. The molecule has 0 amide bonds. The minimum absolute atomic E-state index is 0.661. The van der Waals surface area contributed by atoms with Crippen LogP contribution in [-0.2, 0) is 0 Å². The van der Waals surface area contributed by atoms with Gasteiger partial charge in [0.25, 0.3) is 0 Å². The van der Waals surface area contributed by atoms with E-state index in [1.165, 1.54) is 0 Å². The Morgan fingerprint density at radius 1 is 1.80 bits per heavy atom. The van der Waals surface area contributed by atoms with Gasteiger partial charge in [0.05, 0.1) is 0 Å². The topological polar surface area (TPSA) is 12.4 Å². The molecule has 0 atom stereocenters. The second kappa shape index (κ2) is 4.89. The maximum Gasteiger partial charge on any atom is 0.0385 e. The van der Waals surface area contributed by atoms with Crippen LogP contribution in [0.25, 0.3) is 0 Å². The normalized spacial score (nSPS) is 12.5. The Morgan fingerprint density at radius 3 is 2.70 bits per heavy atom. The molecule has 0 aliphatic rings. The van der Waals surface area contributed by atoms with Gasteiger partial charge in [0.2, 0.25) is 0 Å². The van der Waals surface area contributed by atoms with Crippen molar-refractivity contribution in [2.45, 2.75) is 0 Å². The molecule has 0 bridgehead atoms. The molecule has 0 fully saturated rings. The molecule has 0 saturated carbocycles. The van der Waals surface area contributed by atoms with E-state index in [9.17, 15) is 0 Å². The maximum atomic E-state index is 5.12. The molecule has 0 aromatic rings. The maximum absolute atomic E-state index is 5.12. The fourth-order valence-electron chi connectivity index (χ4n) is 0.429. The number of hydrogen-bond acceptors (Lipinski definition) is 2. The first kappa shape index (κ1) is 9.06. The van der Waals surface area contributed by atoms with Crippen molar-refractivity contribution in [3.8, 4) is 12.3 Å². The van der Waals surface area contributed by atoms with Gasteiger partial charge in [0, 0.05) is 23.7 Å². The predicted molar refractivity (Wildman–Crippen MR) is 49.5 cm³/mol. The fourth-order valence-corrected chi connectivity index (χ4v) is 0.701. The van der Waals surface area contributed by atoms with Crippen molar-refractivity contribution in [3.63, 3.8) is 0 Å². The molecule has 2 heteroatoms. The molecule has 0 aromatic carbocycles. The summed E-state index contributed by atoms with van der Waals surface area (Å²) in [6, 6.07) is 0. The Labute approximate surface area is 67.0 Å². The van der Waals surface area contributed by atoms with E-state index in [4.69, 9.17) is 6.42 Å². The zero-order valence-corrected chi connectivity index (χ0v) is 6.73. The molecule has 0 aliphatic heterocycles. The Hall–Kier alpha value is -0.940. The molecule has 0 aromatic heterocycles. The molecule has 0 radical (unpaired) electrons. The summed E-state index contributed by atoms with van der Waals surface area (Å²) in [5, 5.41) is 0. The largest absolute Gasteiger partial charge is 0.295 e. The van der Waals surface area contributed by atoms with Crippen molar-refractivity contribution in [2.75, 3.05) is 7.05 Å². The number of thiol groups is 1. The number of nitrogens with zero attached hydrogens (tertiary/aromatic N) is 1. The first-order chi connectivity index (χ1) is 4.76. The molecule has 0 heterocycles. The lowest BCUT2D eigenvalue weighted by Crippen LogP contribution is -1.80. The zero-order valence-electron chi connectivity index (χ0n) is 5.83. The molecule has 0 N–H and O–H groups in total. The van der Waals surface area contributed by atoms with Crippen LogP contribution in [0.2, 0.25) is 0 Å². The second-order valence-corrected chi connectivity index (χ2v) is 2.02. The standard InChI is InChI=1S/C8H9NS/c1-4-7(5-2)8(10)6-9-3/h1,5-6,10H,2H2,3H3/b8-7+,9-6?. The molecule has 0 saturated heterocycles. The van der Waals surface area contributed by atoms with Gasteiger partial charge in [-0.2, -0.15) is 0 Å². The molecule has 0 aliphatic carbocycles. The molecule has 0 rings (SSSR count). The van der Waals surface area contributed by atoms with Crippen LogP contribution in [0, 0.1) is 12.3 Å². The van der Waals surface area contributed by atoms with Crippen LogP contribution in [0.4, 0.5) is 0 Å². The monoisotopic (exact) mass is 151 g/mol. The highest BCUT2D eigenvalue weighted by Gasteiger charge is 1.89. The number of terminal acetylenes is 1. The van der Waals surface area contributed by atoms with E-state index in [1.807, 2.05) is 0 Å². The minimum Gasteiger partial charge on any atom is -0.295 e. The third-order valence-corrected chi connectivity index (χ3v) is 1.24. The number of hydrogen-bond donors (Lipinski definition) is 1. The van der Waals surface area contributed by atoms with E-state index in [0.29, 0.717) is 10.5 Å². The summed E-state index contributed by atoms with van der Waals surface area (Å²) in [7, 11) is 1.66. The van der Waals surface area contributed by atoms with Crippen molar-refractivity contribution < 1.29 is 0 Å². The van der Waals surface area contributed by atoms with E-state index in [2.05, 4.69) is 30.1 Å². The lowest BCUT2D eigenvalue weighted by atomic mass is 10.2. The highest BCUT2D eigenvalue weighted by Crippen LogP contribution is 2.05. The van der Waals surface area contributed by atoms with Gasteiger partial charge in [-0.15, -0.1) is 19.1 Å². The summed E-state index contributed by atoms with van der Waals surface area (Å²) >= 11 is 4.08. The van der Waals surface area contributed by atoms with Gasteiger partial charge in [-0.05, 0) is 0 Å². The highest BCUT2D eigenvalue weighted by atomic mass is 32.1. The van der Waals surface area contributed by atoms with Gasteiger partial charge in [0.1, 0.15) is 0 Å². The lowest BCUT2D eigenvalue weighted by Gasteiger charge is -1.91. The molecule has 0 spiro atoms. The SMILES string of the molecule is C#C/C(C=C)=C(\S)C=NC. The lowest BCUT2D eigenvalue weighted by molar-refractivity contribution is 1.47. The third-order valence-electron chi connectivity index (χ3n) is 0.887. The number of rotatable bonds is 2. The average Bonchev–Trinajstić information content (AvgIpc) is 1.91. The van der Waals surface area contributed by atoms with Crippen LogP contribution in [0.3, 0.4) is 0 Å². The van der Waals surface area contributed by atoms with Crippen molar-refractivity contribution in [1.29, 1.82) is 0 Å². The summed E-state index contributed by atoms with van der Waals surface area (Å²) in [6.45, 7) is 3.52. The Bertz CT molecular complexity index is 218. The Morgan fingerprint density at radius 2 is 2.40 bits per heavy atom. The smallest absolute Gasteiger partial charge is 0.0385 e. The van der Waals surface area contributed by atoms with Crippen LogP contribution < -0.4 is 0 Å². The van der Waals surface area contributed by atoms with Crippen LogP contribution in [0.15, 0.2) is 28.1 Å². The van der Waals surface area contributed by atoms with E-state index in [1.54, 1.807) is 19.3 Å². The van der Waals surface area contributed by atoms with Crippen molar-refractivity contribution in [3.05, 3.63) is 23.1 Å². The second-order valence-electron chi connectivity index (χ2n) is 1.53. The zero-order chi connectivity index (χ0) is 7.98. The van der Waals surface area contributed by atoms with Crippen LogP contribution >= 0.6 is 12.6 Å². The molecule has 1 nitrogen and oxygen atoms in total. The molecule has 0 unspecified atom stereocenters. The van der Waals surface area contributed by atoms with E-state index in [0.717, 1.165) is 0 Å². The van der Waals surface area contributed by atoms with E-state index >= 15 is 0 Å². The molecule has 10 heavy (non-hydrogen) atoms. The molecular formula is C8H9NS. The van der Waals surface area contributed by atoms with Crippen molar-refractivity contribution >= 4 is 18.8 Å². The summed E-state index contributed by atoms with van der Waals surface area (Å²) in [5.74, 6) is 2.43. The van der Waals surface area contributed by atoms with E-state index in [-0.39, 0.29) is 0 Å². The Kier molecular flexibility index (Phi) is 4.43. The van der Waals surface area contributed by atoms with Crippen molar-refractivity contribution in [2.24, 2.45) is 4.99 Å². The first-order valence-electron chi connectivity index (χ1n) is 2.70. The quantitative estimate of drug-likeness (QED) is 0.267. The Balaban J connectivity index is 4.64. The van der Waals surface area contributed by atoms with Crippen LogP contribution in [-0.4, -0.2) is 13.3 Å². The van der Waals surface area contributed by atoms with Crippen molar-refractivity contribution in [1.82, 2.24) is 0 Å². The van der Waals surface area contributed by atoms with Gasteiger partial charge in [0.15, 0.2) is 0 Å². The minimum atomic E-state index is 0.661. The third kappa shape index (κ3) is 2.56. The van der Waals surface area contributed by atoms with Gasteiger partial charge in [-0.25, -0.2) is 0 Å². The highest BCUT2D eigenvalue weighted by molar-refractivity contribution is 7.85. The van der Waals surface area contributed by atoms with Gasteiger partial charge >= 0.3 is 0 Å². The summed E-state index contributed by atoms with van der Waals surface area (Å²) in [6.07, 6.45) is 8.28. The van der Waals surface area contributed by atoms with Gasteiger partial charge in [-0.3, -0.25) is 4.99 Å². The van der Waals surface area contributed by atoms with Crippen LogP contribution in [0.1, 0.15) is 0 Å². The molecular weight excluding hydrogens is 142 g/mol. The predicted octanol–water partition coefficient (Wildman–Crippen LogP) is 1.69. The fraction of sp³-hybridized carbons (Fsp3) is 0.125.